The van der Waals surface area contributed by atoms with Crippen LogP contribution in [0, 0.1) is 6.92 Å². The zero-order valence-electron chi connectivity index (χ0n) is 13.6. The number of carbonyl (C=O) groups is 1. The number of nitrogens with zero attached hydrogens (tertiary/aromatic N) is 1. The fraction of sp³-hybridized carbons (Fsp3) is 0.316. The molecule has 116 valence electrons. The van der Waals surface area contributed by atoms with Crippen LogP contribution in [-0.2, 0) is 11.2 Å². The van der Waals surface area contributed by atoms with E-state index in [9.17, 15) is 4.79 Å². The van der Waals surface area contributed by atoms with Gasteiger partial charge in [0, 0.05) is 17.9 Å². The van der Waals surface area contributed by atoms with E-state index in [-0.39, 0.29) is 5.91 Å². The molecule has 1 amide bonds. The number of nitrogens with one attached hydrogen (secondary N) is 1. The van der Waals surface area contributed by atoms with Gasteiger partial charge in [-0.25, -0.2) is 0 Å². The van der Waals surface area contributed by atoms with Crippen molar-refractivity contribution < 1.29 is 4.79 Å². The van der Waals surface area contributed by atoms with Crippen LogP contribution in [0.1, 0.15) is 25.0 Å². The molecule has 22 heavy (non-hydrogen) atoms. The molecule has 2 aromatic rings. The average Bonchev–Trinajstić information content (AvgIpc) is 2.55. The smallest absolute Gasteiger partial charge is 0.243 e. The average molecular weight is 296 g/mol. The molecule has 0 heterocycles. The minimum atomic E-state index is 0.0229. The number of anilines is 2. The SMILES string of the molecule is CCc1cccc(C)c1NC(=O)CN(CC)c1ccccc1. The fourth-order valence-corrected chi connectivity index (χ4v) is 2.58. The monoisotopic (exact) mass is 296 g/mol. The predicted octanol–water partition coefficient (Wildman–Crippen LogP) is 4.02. The normalized spacial score (nSPS) is 10.3. The van der Waals surface area contributed by atoms with Gasteiger partial charge in [-0.3, -0.25) is 4.79 Å². The summed E-state index contributed by atoms with van der Waals surface area (Å²) in [5.41, 5.74) is 4.31. The number of para-hydroxylation sites is 2. The largest absolute Gasteiger partial charge is 0.362 e. The van der Waals surface area contributed by atoms with Gasteiger partial charge in [-0.05, 0) is 43.5 Å². The van der Waals surface area contributed by atoms with Crippen molar-refractivity contribution >= 4 is 17.3 Å². The minimum absolute atomic E-state index is 0.0229. The number of amides is 1. The maximum atomic E-state index is 12.4. The maximum absolute atomic E-state index is 12.4. The van der Waals surface area contributed by atoms with Crippen LogP contribution in [0.3, 0.4) is 0 Å². The molecule has 3 nitrogen and oxygen atoms in total. The third-order valence-electron chi connectivity index (χ3n) is 3.84. The number of likely N-dealkylation sites (N-methyl/N-ethyl adjacent to an activating group) is 1. The summed E-state index contributed by atoms with van der Waals surface area (Å²) in [6.45, 7) is 7.35. The Morgan fingerprint density at radius 2 is 1.77 bits per heavy atom. The van der Waals surface area contributed by atoms with Gasteiger partial charge in [0.2, 0.25) is 5.91 Å². The third kappa shape index (κ3) is 3.88. The summed E-state index contributed by atoms with van der Waals surface area (Å²) >= 11 is 0. The topological polar surface area (TPSA) is 32.3 Å². The zero-order valence-corrected chi connectivity index (χ0v) is 13.6. The Bertz CT molecular complexity index is 623. The lowest BCUT2D eigenvalue weighted by Gasteiger charge is -2.23. The summed E-state index contributed by atoms with van der Waals surface area (Å²) in [5, 5.41) is 3.08. The Kier molecular flexibility index (Phi) is 5.59. The molecule has 0 aromatic heterocycles. The van der Waals surface area contributed by atoms with Crippen molar-refractivity contribution in [1.82, 2.24) is 0 Å². The van der Waals surface area contributed by atoms with E-state index in [4.69, 9.17) is 0 Å². The number of hydrogen-bond acceptors (Lipinski definition) is 2. The van der Waals surface area contributed by atoms with E-state index in [0.29, 0.717) is 6.54 Å². The van der Waals surface area contributed by atoms with Crippen molar-refractivity contribution in [2.75, 3.05) is 23.3 Å². The first-order valence-corrected chi connectivity index (χ1v) is 7.84. The van der Waals surface area contributed by atoms with E-state index in [1.165, 1.54) is 5.56 Å². The molecular weight excluding hydrogens is 272 g/mol. The second kappa shape index (κ2) is 7.64. The van der Waals surface area contributed by atoms with Crippen molar-refractivity contribution in [1.29, 1.82) is 0 Å². The maximum Gasteiger partial charge on any atom is 0.243 e. The summed E-state index contributed by atoms with van der Waals surface area (Å²) in [7, 11) is 0. The molecule has 0 atom stereocenters. The minimum Gasteiger partial charge on any atom is -0.362 e. The molecule has 0 radical (unpaired) electrons. The molecule has 3 heteroatoms. The summed E-state index contributed by atoms with van der Waals surface area (Å²) in [5.74, 6) is 0.0229. The molecule has 0 aliphatic carbocycles. The zero-order chi connectivity index (χ0) is 15.9. The first kappa shape index (κ1) is 16.1. The van der Waals surface area contributed by atoms with Crippen LogP contribution in [0.2, 0.25) is 0 Å². The Morgan fingerprint density at radius 3 is 2.41 bits per heavy atom. The molecule has 0 saturated heterocycles. The van der Waals surface area contributed by atoms with E-state index >= 15 is 0 Å². The quantitative estimate of drug-likeness (QED) is 0.873. The Hall–Kier alpha value is -2.29. The molecule has 0 aliphatic rings. The van der Waals surface area contributed by atoms with Crippen LogP contribution in [0.4, 0.5) is 11.4 Å². The predicted molar refractivity (Wildman–Crippen MR) is 93.5 cm³/mol. The van der Waals surface area contributed by atoms with Crippen LogP contribution in [0.5, 0.6) is 0 Å². The molecule has 2 aromatic carbocycles. The summed E-state index contributed by atoms with van der Waals surface area (Å²) in [4.78, 5) is 14.5. The van der Waals surface area contributed by atoms with Gasteiger partial charge in [-0.15, -0.1) is 0 Å². The van der Waals surface area contributed by atoms with Crippen molar-refractivity contribution in [2.45, 2.75) is 27.2 Å². The van der Waals surface area contributed by atoms with E-state index in [0.717, 1.165) is 29.9 Å². The Labute approximate surface area is 133 Å². The van der Waals surface area contributed by atoms with E-state index in [1.54, 1.807) is 0 Å². The van der Waals surface area contributed by atoms with Gasteiger partial charge in [0.05, 0.1) is 6.54 Å². The highest BCUT2D eigenvalue weighted by Crippen LogP contribution is 2.21. The Morgan fingerprint density at radius 1 is 1.05 bits per heavy atom. The summed E-state index contributed by atoms with van der Waals surface area (Å²) in [6, 6.07) is 16.2. The van der Waals surface area contributed by atoms with Gasteiger partial charge in [-0.2, -0.15) is 0 Å². The molecule has 1 N–H and O–H groups in total. The lowest BCUT2D eigenvalue weighted by atomic mass is 10.1. The van der Waals surface area contributed by atoms with Crippen molar-refractivity contribution in [3.05, 3.63) is 59.7 Å². The molecule has 0 fully saturated rings. The molecule has 0 bridgehead atoms. The van der Waals surface area contributed by atoms with Crippen LogP contribution >= 0.6 is 0 Å². The van der Waals surface area contributed by atoms with Crippen LogP contribution < -0.4 is 10.2 Å². The van der Waals surface area contributed by atoms with Gasteiger partial charge in [0.15, 0.2) is 0 Å². The fourth-order valence-electron chi connectivity index (χ4n) is 2.58. The summed E-state index contributed by atoms with van der Waals surface area (Å²) < 4.78 is 0. The van der Waals surface area contributed by atoms with Crippen molar-refractivity contribution in [2.24, 2.45) is 0 Å². The highest BCUT2D eigenvalue weighted by molar-refractivity contribution is 5.95. The van der Waals surface area contributed by atoms with Gasteiger partial charge >= 0.3 is 0 Å². The first-order valence-electron chi connectivity index (χ1n) is 7.84. The van der Waals surface area contributed by atoms with E-state index < -0.39 is 0 Å². The lowest BCUT2D eigenvalue weighted by molar-refractivity contribution is -0.115. The first-order chi connectivity index (χ1) is 10.7. The number of carbonyl (C=O) groups excluding carboxylic acids is 1. The number of rotatable bonds is 6. The molecule has 0 spiro atoms. The molecule has 0 aliphatic heterocycles. The van der Waals surface area contributed by atoms with Crippen LogP contribution in [-0.4, -0.2) is 19.0 Å². The van der Waals surface area contributed by atoms with Crippen molar-refractivity contribution in [3.63, 3.8) is 0 Å². The van der Waals surface area contributed by atoms with E-state index in [1.807, 2.05) is 49.4 Å². The van der Waals surface area contributed by atoms with E-state index in [2.05, 4.69) is 30.1 Å². The lowest BCUT2D eigenvalue weighted by Crippen LogP contribution is -2.33. The molecular formula is C19H24N2O. The van der Waals surface area contributed by atoms with Gasteiger partial charge in [0.1, 0.15) is 0 Å². The van der Waals surface area contributed by atoms with Gasteiger partial charge in [-0.1, -0.05) is 43.3 Å². The second-order valence-corrected chi connectivity index (χ2v) is 5.36. The second-order valence-electron chi connectivity index (χ2n) is 5.36. The van der Waals surface area contributed by atoms with Gasteiger partial charge in [0.25, 0.3) is 0 Å². The molecule has 2 rings (SSSR count). The Balaban J connectivity index is 2.10. The molecule has 0 unspecified atom stereocenters. The molecule has 0 saturated carbocycles. The summed E-state index contributed by atoms with van der Waals surface area (Å²) in [6.07, 6.45) is 0.910. The number of benzene rings is 2. The highest BCUT2D eigenvalue weighted by Gasteiger charge is 2.12. The standard InChI is InChI=1S/C19H24N2O/c1-4-16-11-9-10-15(3)19(16)20-18(22)14-21(5-2)17-12-7-6-8-13-17/h6-13H,4-5,14H2,1-3H3,(H,20,22). The number of aryl methyl sites for hydroxylation is 2. The number of hydrogen-bond donors (Lipinski definition) is 1. The van der Waals surface area contributed by atoms with Crippen LogP contribution in [0.25, 0.3) is 0 Å². The van der Waals surface area contributed by atoms with Crippen molar-refractivity contribution in [3.8, 4) is 0 Å². The van der Waals surface area contributed by atoms with Gasteiger partial charge < -0.3 is 10.2 Å². The highest BCUT2D eigenvalue weighted by atomic mass is 16.2. The van der Waals surface area contributed by atoms with Crippen LogP contribution in [0.15, 0.2) is 48.5 Å². The third-order valence-corrected chi connectivity index (χ3v) is 3.84.